The summed E-state index contributed by atoms with van der Waals surface area (Å²) in [5, 5.41) is 0. The quantitative estimate of drug-likeness (QED) is 0.907. The van der Waals surface area contributed by atoms with Gasteiger partial charge >= 0.3 is 6.18 Å². The topological polar surface area (TPSA) is 68.9 Å². The number of hydrogen-bond acceptors (Lipinski definition) is 3. The van der Waals surface area contributed by atoms with E-state index >= 15 is 0 Å². The van der Waals surface area contributed by atoms with Gasteiger partial charge in [-0.05, 0) is 12.1 Å². The lowest BCUT2D eigenvalue weighted by molar-refractivity contribution is -0.138. The average molecular weight is 267 g/mol. The molecule has 1 aromatic heterocycles. The summed E-state index contributed by atoms with van der Waals surface area (Å²) < 4.78 is 37.0. The van der Waals surface area contributed by atoms with E-state index in [0.29, 0.717) is 23.5 Å². The zero-order valence-electron chi connectivity index (χ0n) is 9.48. The summed E-state index contributed by atoms with van der Waals surface area (Å²) in [6, 6.07) is 5.95. The van der Waals surface area contributed by atoms with Gasteiger partial charge in [-0.2, -0.15) is 13.2 Å². The molecule has 2 rings (SSSR count). The maximum atomic E-state index is 12.3. The molecule has 7 heteroatoms. The van der Waals surface area contributed by atoms with Crippen LogP contribution < -0.4 is 5.73 Å². The van der Waals surface area contributed by atoms with Crippen LogP contribution in [-0.4, -0.2) is 15.9 Å². The Morgan fingerprint density at radius 3 is 2.00 bits per heavy atom. The Hall–Kier alpha value is -2.44. The van der Waals surface area contributed by atoms with E-state index in [9.17, 15) is 18.0 Å². The van der Waals surface area contributed by atoms with Gasteiger partial charge in [-0.3, -0.25) is 4.79 Å². The normalized spacial score (nSPS) is 11.3. The van der Waals surface area contributed by atoms with Gasteiger partial charge in [0.1, 0.15) is 0 Å². The predicted octanol–water partition coefficient (Wildman–Crippen LogP) is 2.26. The number of alkyl halides is 3. The molecule has 0 unspecified atom stereocenters. The molecule has 2 N–H and O–H groups in total. The van der Waals surface area contributed by atoms with Gasteiger partial charge in [-0.15, -0.1) is 0 Å². The maximum absolute atomic E-state index is 12.3. The van der Waals surface area contributed by atoms with E-state index in [1.165, 1.54) is 24.3 Å². The van der Waals surface area contributed by atoms with Crippen molar-refractivity contribution in [2.24, 2.45) is 5.73 Å². The molecule has 1 heterocycles. The molecule has 0 aliphatic carbocycles. The second-order valence-corrected chi connectivity index (χ2v) is 3.73. The minimum absolute atomic E-state index is 0.143. The van der Waals surface area contributed by atoms with Gasteiger partial charge < -0.3 is 5.73 Å². The van der Waals surface area contributed by atoms with E-state index in [0.717, 1.165) is 0 Å². The minimum Gasteiger partial charge on any atom is -0.366 e. The Morgan fingerprint density at radius 2 is 1.58 bits per heavy atom. The molecule has 2 aromatic rings. The number of halogens is 3. The molecule has 1 aromatic carbocycles. The van der Waals surface area contributed by atoms with Crippen molar-refractivity contribution in [2.75, 3.05) is 0 Å². The molecular formula is C12H8F3N3O. The van der Waals surface area contributed by atoms with Crippen LogP contribution in [0.5, 0.6) is 0 Å². The number of hydrogen-bond donors (Lipinski definition) is 1. The van der Waals surface area contributed by atoms with Gasteiger partial charge in [0.15, 0.2) is 5.82 Å². The third kappa shape index (κ3) is 2.87. The van der Waals surface area contributed by atoms with Gasteiger partial charge in [-0.1, -0.05) is 12.1 Å². The summed E-state index contributed by atoms with van der Waals surface area (Å²) in [5.74, 6) is -0.441. The van der Waals surface area contributed by atoms with Crippen molar-refractivity contribution in [3.05, 3.63) is 47.8 Å². The second kappa shape index (κ2) is 4.68. The van der Waals surface area contributed by atoms with E-state index in [-0.39, 0.29) is 5.82 Å². The van der Waals surface area contributed by atoms with Crippen LogP contribution >= 0.6 is 0 Å². The van der Waals surface area contributed by atoms with Crippen molar-refractivity contribution < 1.29 is 18.0 Å². The number of nitrogens with two attached hydrogens (primary N) is 1. The SMILES string of the molecule is NC(=O)c1ccc(-c2ncc(C(F)(F)F)cn2)cc1. The highest BCUT2D eigenvalue weighted by Gasteiger charge is 2.31. The third-order valence-corrected chi connectivity index (χ3v) is 2.41. The Kier molecular flexibility index (Phi) is 3.20. The molecule has 0 spiro atoms. The van der Waals surface area contributed by atoms with Crippen molar-refractivity contribution in [2.45, 2.75) is 6.18 Å². The van der Waals surface area contributed by atoms with Crippen molar-refractivity contribution in [1.29, 1.82) is 0 Å². The minimum atomic E-state index is -4.46. The van der Waals surface area contributed by atoms with Crippen molar-refractivity contribution in [3.63, 3.8) is 0 Å². The van der Waals surface area contributed by atoms with E-state index in [4.69, 9.17) is 5.73 Å². The van der Waals surface area contributed by atoms with Gasteiger partial charge in [0.25, 0.3) is 0 Å². The Morgan fingerprint density at radius 1 is 1.05 bits per heavy atom. The highest BCUT2D eigenvalue weighted by Crippen LogP contribution is 2.28. The summed E-state index contributed by atoms with van der Waals surface area (Å²) in [7, 11) is 0. The number of carbonyl (C=O) groups excluding carboxylic acids is 1. The maximum Gasteiger partial charge on any atom is 0.419 e. The number of amides is 1. The van der Waals surface area contributed by atoms with Crippen LogP contribution in [0.3, 0.4) is 0 Å². The molecule has 0 radical (unpaired) electrons. The van der Waals surface area contributed by atoms with E-state index in [1.54, 1.807) is 0 Å². The van der Waals surface area contributed by atoms with Crippen LogP contribution in [0.2, 0.25) is 0 Å². The first-order valence-electron chi connectivity index (χ1n) is 5.17. The molecule has 0 bridgehead atoms. The fraction of sp³-hybridized carbons (Fsp3) is 0.0833. The van der Waals surface area contributed by atoms with E-state index < -0.39 is 17.6 Å². The number of benzene rings is 1. The predicted molar refractivity (Wildman–Crippen MR) is 61.0 cm³/mol. The lowest BCUT2D eigenvalue weighted by Gasteiger charge is -2.06. The number of nitrogens with zero attached hydrogens (tertiary/aromatic N) is 2. The molecule has 0 aliphatic rings. The Balaban J connectivity index is 2.30. The Labute approximate surface area is 106 Å². The smallest absolute Gasteiger partial charge is 0.366 e. The number of rotatable bonds is 2. The molecule has 98 valence electrons. The van der Waals surface area contributed by atoms with Crippen molar-refractivity contribution >= 4 is 5.91 Å². The lowest BCUT2D eigenvalue weighted by Crippen LogP contribution is -2.10. The van der Waals surface area contributed by atoms with Crippen LogP contribution in [0.15, 0.2) is 36.7 Å². The van der Waals surface area contributed by atoms with Gasteiger partial charge in [0.05, 0.1) is 5.56 Å². The first kappa shape index (κ1) is 13.0. The molecule has 19 heavy (non-hydrogen) atoms. The van der Waals surface area contributed by atoms with Crippen molar-refractivity contribution in [3.8, 4) is 11.4 Å². The standard InChI is InChI=1S/C12H8F3N3O/c13-12(14,15)9-5-17-11(18-6-9)8-3-1-7(2-4-8)10(16)19/h1-6H,(H2,16,19). The largest absolute Gasteiger partial charge is 0.419 e. The van der Waals surface area contributed by atoms with E-state index in [1.807, 2.05) is 0 Å². The van der Waals surface area contributed by atoms with Crippen LogP contribution in [-0.2, 0) is 6.18 Å². The fourth-order valence-corrected chi connectivity index (χ4v) is 1.41. The first-order valence-corrected chi connectivity index (χ1v) is 5.17. The van der Waals surface area contributed by atoms with Gasteiger partial charge in [0, 0.05) is 23.5 Å². The summed E-state index contributed by atoms with van der Waals surface area (Å²) in [5.41, 5.74) is 4.96. The summed E-state index contributed by atoms with van der Waals surface area (Å²) in [6.45, 7) is 0. The molecule has 0 saturated heterocycles. The second-order valence-electron chi connectivity index (χ2n) is 3.73. The zero-order valence-corrected chi connectivity index (χ0v) is 9.48. The molecule has 4 nitrogen and oxygen atoms in total. The Bertz CT molecular complexity index is 591. The summed E-state index contributed by atoms with van der Waals surface area (Å²) in [4.78, 5) is 18.2. The molecule has 0 fully saturated rings. The van der Waals surface area contributed by atoms with Crippen LogP contribution in [0.1, 0.15) is 15.9 Å². The number of aromatic nitrogens is 2. The summed E-state index contributed by atoms with van der Waals surface area (Å²) in [6.07, 6.45) is -3.04. The molecule has 0 saturated carbocycles. The number of primary amides is 1. The van der Waals surface area contributed by atoms with Crippen LogP contribution in [0, 0.1) is 0 Å². The number of carbonyl (C=O) groups is 1. The van der Waals surface area contributed by atoms with Crippen LogP contribution in [0.4, 0.5) is 13.2 Å². The fourth-order valence-electron chi connectivity index (χ4n) is 1.41. The molecule has 1 amide bonds. The zero-order chi connectivity index (χ0) is 14.0. The molecular weight excluding hydrogens is 259 g/mol. The average Bonchev–Trinajstić information content (AvgIpc) is 2.38. The lowest BCUT2D eigenvalue weighted by atomic mass is 10.1. The van der Waals surface area contributed by atoms with Gasteiger partial charge in [0.2, 0.25) is 5.91 Å². The highest BCUT2D eigenvalue weighted by molar-refractivity contribution is 5.93. The van der Waals surface area contributed by atoms with E-state index in [2.05, 4.69) is 9.97 Å². The van der Waals surface area contributed by atoms with Crippen LogP contribution in [0.25, 0.3) is 11.4 Å². The highest BCUT2D eigenvalue weighted by atomic mass is 19.4. The molecule has 0 aliphatic heterocycles. The molecule has 0 atom stereocenters. The third-order valence-electron chi connectivity index (χ3n) is 2.41. The van der Waals surface area contributed by atoms with Crippen molar-refractivity contribution in [1.82, 2.24) is 9.97 Å². The first-order chi connectivity index (χ1) is 8.88. The monoisotopic (exact) mass is 267 g/mol. The summed E-state index contributed by atoms with van der Waals surface area (Å²) >= 11 is 0. The van der Waals surface area contributed by atoms with Gasteiger partial charge in [-0.25, -0.2) is 9.97 Å².